The Bertz CT molecular complexity index is 1160. The van der Waals surface area contributed by atoms with Crippen LogP contribution in [-0.4, -0.2) is 66.1 Å². The molecule has 0 radical (unpaired) electrons. The van der Waals surface area contributed by atoms with E-state index in [2.05, 4.69) is 25.5 Å². The number of anilines is 1. The van der Waals surface area contributed by atoms with Crippen LogP contribution in [0.4, 0.5) is 18.9 Å². The standard InChI is InChI=1S/C22H23F3N6O3S.ClH/c23-22(24,25)16-4-6-27-19(30-16)17(18(26)32)21-29-14-3-2-13(12-15(14)35-21)20(33)28-5-1-7-31-8-10-34-11-9-31;/h2-4,6,12,29H,1,5,7-11H2,(H2,26,32)(H,28,33);1H/b21-17-;. The summed E-state index contributed by atoms with van der Waals surface area (Å²) in [7, 11) is 0. The molecule has 2 aliphatic rings. The van der Waals surface area contributed by atoms with E-state index in [0.29, 0.717) is 28.8 Å². The van der Waals surface area contributed by atoms with Gasteiger partial charge >= 0.3 is 6.18 Å². The van der Waals surface area contributed by atoms with E-state index in [1.165, 1.54) is 0 Å². The molecule has 0 unspecified atom stereocenters. The third-order valence-electron chi connectivity index (χ3n) is 5.39. The van der Waals surface area contributed by atoms with Crippen LogP contribution in [0.3, 0.4) is 0 Å². The van der Waals surface area contributed by atoms with Crippen molar-refractivity contribution < 1.29 is 27.5 Å². The lowest BCUT2D eigenvalue weighted by Crippen LogP contribution is -2.38. The normalized spacial score (nSPS) is 17.0. The molecule has 0 saturated carbocycles. The Labute approximate surface area is 215 Å². The number of benzene rings is 1. The van der Waals surface area contributed by atoms with Gasteiger partial charge in [0.25, 0.3) is 11.8 Å². The Balaban J connectivity index is 0.00000361. The molecule has 0 spiro atoms. The topological polar surface area (TPSA) is 122 Å². The number of nitrogens with zero attached hydrogens (tertiary/aromatic N) is 3. The lowest BCUT2D eigenvalue weighted by molar-refractivity contribution is -0.141. The summed E-state index contributed by atoms with van der Waals surface area (Å²) in [5.41, 5.74) is 5.00. The molecular formula is C22H24ClF3N6O3S. The van der Waals surface area contributed by atoms with E-state index in [1.54, 1.807) is 18.2 Å². The number of hydrogen-bond acceptors (Lipinski definition) is 8. The zero-order chi connectivity index (χ0) is 25.0. The van der Waals surface area contributed by atoms with Gasteiger partial charge in [0.15, 0.2) is 5.82 Å². The Morgan fingerprint density at radius 3 is 2.67 bits per heavy atom. The number of fused-ring (bicyclic) bond motifs is 1. The van der Waals surface area contributed by atoms with E-state index in [9.17, 15) is 22.8 Å². The van der Waals surface area contributed by atoms with Crippen LogP contribution >= 0.6 is 24.2 Å². The van der Waals surface area contributed by atoms with Crippen LogP contribution in [0.25, 0.3) is 5.57 Å². The van der Waals surface area contributed by atoms with Crippen molar-refractivity contribution >= 4 is 47.2 Å². The van der Waals surface area contributed by atoms with Crippen LogP contribution in [0.5, 0.6) is 0 Å². The molecule has 194 valence electrons. The quantitative estimate of drug-likeness (QED) is 0.359. The van der Waals surface area contributed by atoms with Gasteiger partial charge in [-0.15, -0.1) is 12.4 Å². The second-order valence-electron chi connectivity index (χ2n) is 7.83. The molecule has 3 heterocycles. The minimum atomic E-state index is -4.70. The molecule has 1 aromatic heterocycles. The SMILES string of the molecule is Cl.NC(=O)/C(=C1\Nc2ccc(C(=O)NCCCN3CCOCC3)cc2S1)c1nccc(C(F)(F)F)n1. The molecule has 2 aliphatic heterocycles. The minimum Gasteiger partial charge on any atom is -0.379 e. The minimum absolute atomic E-state index is 0. The Morgan fingerprint density at radius 2 is 1.97 bits per heavy atom. The maximum atomic E-state index is 13.1. The first-order valence-corrected chi connectivity index (χ1v) is 11.7. The van der Waals surface area contributed by atoms with Crippen LogP contribution < -0.4 is 16.4 Å². The number of carbonyl (C=O) groups is 2. The van der Waals surface area contributed by atoms with Gasteiger partial charge in [-0.2, -0.15) is 13.2 Å². The number of hydrogen-bond donors (Lipinski definition) is 3. The lowest BCUT2D eigenvalue weighted by atomic mass is 10.2. The molecule has 0 atom stereocenters. The van der Waals surface area contributed by atoms with Gasteiger partial charge in [0, 0.05) is 36.3 Å². The molecule has 0 bridgehead atoms. The van der Waals surface area contributed by atoms with Crippen LogP contribution in [0.2, 0.25) is 0 Å². The number of morpholine rings is 1. The van der Waals surface area contributed by atoms with Crippen LogP contribution in [0, 0.1) is 0 Å². The van der Waals surface area contributed by atoms with Crippen molar-refractivity contribution in [1.29, 1.82) is 0 Å². The van der Waals surface area contributed by atoms with Crippen molar-refractivity contribution in [2.45, 2.75) is 17.5 Å². The van der Waals surface area contributed by atoms with Crippen molar-refractivity contribution in [3.05, 3.63) is 52.6 Å². The van der Waals surface area contributed by atoms with E-state index in [0.717, 1.165) is 57.2 Å². The highest BCUT2D eigenvalue weighted by atomic mass is 35.5. The van der Waals surface area contributed by atoms with E-state index < -0.39 is 23.6 Å². The number of nitrogens with two attached hydrogens (primary N) is 1. The fraction of sp³-hybridized carbons (Fsp3) is 0.364. The number of primary amides is 1. The number of ether oxygens (including phenoxy) is 1. The average molecular weight is 545 g/mol. The number of thioether (sulfide) groups is 1. The first-order valence-electron chi connectivity index (χ1n) is 10.8. The molecule has 4 rings (SSSR count). The van der Waals surface area contributed by atoms with Crippen molar-refractivity contribution in [2.24, 2.45) is 5.73 Å². The Hall–Kier alpha value is -2.87. The second kappa shape index (κ2) is 11.9. The zero-order valence-electron chi connectivity index (χ0n) is 18.9. The molecule has 0 aliphatic carbocycles. The molecule has 14 heteroatoms. The molecular weight excluding hydrogens is 521 g/mol. The number of carbonyl (C=O) groups excluding carboxylic acids is 2. The average Bonchev–Trinajstić information content (AvgIpc) is 3.24. The molecule has 36 heavy (non-hydrogen) atoms. The van der Waals surface area contributed by atoms with Gasteiger partial charge in [0.05, 0.1) is 23.9 Å². The fourth-order valence-corrected chi connectivity index (χ4v) is 4.70. The monoisotopic (exact) mass is 544 g/mol. The second-order valence-corrected chi connectivity index (χ2v) is 8.89. The Morgan fingerprint density at radius 1 is 1.22 bits per heavy atom. The molecule has 4 N–H and O–H groups in total. The maximum absolute atomic E-state index is 13.1. The van der Waals surface area contributed by atoms with Gasteiger partial charge < -0.3 is 21.1 Å². The first-order chi connectivity index (χ1) is 16.7. The Kier molecular flexibility index (Phi) is 9.17. The largest absolute Gasteiger partial charge is 0.433 e. The van der Waals surface area contributed by atoms with Crippen LogP contribution in [0.1, 0.15) is 28.3 Å². The molecule has 1 saturated heterocycles. The van der Waals surface area contributed by atoms with E-state index in [1.807, 2.05) is 0 Å². The molecule has 2 aromatic rings. The van der Waals surface area contributed by atoms with Crippen LogP contribution in [-0.2, 0) is 15.7 Å². The number of halogens is 4. The van der Waals surface area contributed by atoms with Crippen molar-refractivity contribution in [1.82, 2.24) is 20.2 Å². The third-order valence-corrected chi connectivity index (χ3v) is 6.46. The highest BCUT2D eigenvalue weighted by Crippen LogP contribution is 2.44. The highest BCUT2D eigenvalue weighted by molar-refractivity contribution is 8.04. The van der Waals surface area contributed by atoms with Gasteiger partial charge in [-0.25, -0.2) is 9.97 Å². The third kappa shape index (κ3) is 6.66. The first kappa shape index (κ1) is 27.7. The summed E-state index contributed by atoms with van der Waals surface area (Å²) in [4.78, 5) is 34.9. The van der Waals surface area contributed by atoms with Crippen LogP contribution in [0.15, 0.2) is 40.4 Å². The van der Waals surface area contributed by atoms with Gasteiger partial charge in [-0.1, -0.05) is 11.8 Å². The number of rotatable bonds is 7. The summed E-state index contributed by atoms with van der Waals surface area (Å²) in [6.07, 6.45) is -2.98. The zero-order valence-corrected chi connectivity index (χ0v) is 20.6. The summed E-state index contributed by atoms with van der Waals surface area (Å²) in [6.45, 7) is 4.61. The maximum Gasteiger partial charge on any atom is 0.433 e. The number of nitrogens with one attached hydrogen (secondary N) is 2. The highest BCUT2D eigenvalue weighted by Gasteiger charge is 2.34. The van der Waals surface area contributed by atoms with Gasteiger partial charge in [0.2, 0.25) is 0 Å². The van der Waals surface area contributed by atoms with Crippen molar-refractivity contribution in [2.75, 3.05) is 44.7 Å². The summed E-state index contributed by atoms with van der Waals surface area (Å²) in [5, 5.41) is 6.04. The fourth-order valence-electron chi connectivity index (χ4n) is 3.61. The summed E-state index contributed by atoms with van der Waals surface area (Å²) < 4.78 is 44.5. The predicted octanol–water partition coefficient (Wildman–Crippen LogP) is 2.74. The van der Waals surface area contributed by atoms with E-state index in [4.69, 9.17) is 10.5 Å². The molecule has 1 aromatic carbocycles. The molecule has 1 fully saturated rings. The predicted molar refractivity (Wildman–Crippen MR) is 131 cm³/mol. The van der Waals surface area contributed by atoms with Gasteiger partial charge in [-0.3, -0.25) is 14.5 Å². The number of amides is 2. The number of alkyl halides is 3. The van der Waals surface area contributed by atoms with Gasteiger partial charge in [0.1, 0.15) is 11.3 Å². The number of aromatic nitrogens is 2. The van der Waals surface area contributed by atoms with Crippen molar-refractivity contribution in [3.8, 4) is 0 Å². The van der Waals surface area contributed by atoms with Gasteiger partial charge in [-0.05, 0) is 37.2 Å². The smallest absolute Gasteiger partial charge is 0.379 e. The summed E-state index contributed by atoms with van der Waals surface area (Å²) >= 11 is 1.07. The van der Waals surface area contributed by atoms with E-state index in [-0.39, 0.29) is 28.9 Å². The lowest BCUT2D eigenvalue weighted by Gasteiger charge is -2.26. The van der Waals surface area contributed by atoms with Crippen molar-refractivity contribution in [3.63, 3.8) is 0 Å². The molecule has 2 amide bonds. The van der Waals surface area contributed by atoms with E-state index >= 15 is 0 Å². The summed E-state index contributed by atoms with van der Waals surface area (Å²) in [6, 6.07) is 5.63. The summed E-state index contributed by atoms with van der Waals surface area (Å²) in [5.74, 6) is -1.66. The molecule has 9 nitrogen and oxygen atoms in total.